The zero-order valence-electron chi connectivity index (χ0n) is 12.4. The maximum Gasteiger partial charge on any atom is 0.324 e. The lowest BCUT2D eigenvalue weighted by atomic mass is 10.2. The number of thioether (sulfide) groups is 2. The van der Waals surface area contributed by atoms with Gasteiger partial charge < -0.3 is 9.84 Å². The van der Waals surface area contributed by atoms with Crippen LogP contribution >= 0.6 is 23.5 Å². The van der Waals surface area contributed by atoms with Gasteiger partial charge in [-0.3, -0.25) is 14.9 Å². The molecule has 0 amide bonds. The molecule has 0 aromatic heterocycles. The molecule has 0 rings (SSSR count). The second-order valence-corrected chi connectivity index (χ2v) is 6.59. The lowest BCUT2D eigenvalue weighted by molar-refractivity contribution is -0.146. The van der Waals surface area contributed by atoms with Crippen molar-refractivity contribution in [2.24, 2.45) is 0 Å². The van der Waals surface area contributed by atoms with Gasteiger partial charge in [0.25, 0.3) is 0 Å². The first-order valence-electron chi connectivity index (χ1n) is 6.83. The Morgan fingerprint density at radius 3 is 2.40 bits per heavy atom. The summed E-state index contributed by atoms with van der Waals surface area (Å²) in [6.45, 7) is 5.71. The van der Waals surface area contributed by atoms with Gasteiger partial charge in [0.2, 0.25) is 0 Å². The van der Waals surface area contributed by atoms with Gasteiger partial charge in [0.1, 0.15) is 12.1 Å². The first-order valence-corrected chi connectivity index (χ1v) is 9.14. The van der Waals surface area contributed by atoms with Crippen LogP contribution in [0, 0.1) is 0 Å². The Kier molecular flexibility index (Phi) is 12.1. The highest BCUT2D eigenvalue weighted by molar-refractivity contribution is 8.02. The molecule has 0 fully saturated rings. The minimum Gasteiger partial charge on any atom is -0.480 e. The zero-order chi connectivity index (χ0) is 15.4. The third-order valence-electron chi connectivity index (χ3n) is 2.40. The number of nitrogens with one attached hydrogen (secondary N) is 1. The number of hydrogen-bond acceptors (Lipinski definition) is 6. The predicted octanol–water partition coefficient (Wildman–Crippen LogP) is 1.86. The van der Waals surface area contributed by atoms with Crippen LogP contribution in [0.2, 0.25) is 0 Å². The van der Waals surface area contributed by atoms with Crippen LogP contribution in [0.3, 0.4) is 0 Å². The van der Waals surface area contributed by atoms with Crippen LogP contribution in [0.25, 0.3) is 0 Å². The summed E-state index contributed by atoms with van der Waals surface area (Å²) in [6, 6.07) is -1.33. The van der Waals surface area contributed by atoms with Crippen molar-refractivity contribution >= 4 is 35.5 Å². The van der Waals surface area contributed by atoms with E-state index < -0.39 is 18.1 Å². The van der Waals surface area contributed by atoms with E-state index in [0.29, 0.717) is 12.4 Å². The molecule has 0 spiro atoms. The van der Waals surface area contributed by atoms with Gasteiger partial charge in [-0.05, 0) is 26.0 Å². The van der Waals surface area contributed by atoms with Crippen LogP contribution in [-0.2, 0) is 14.3 Å². The van der Waals surface area contributed by atoms with Crippen molar-refractivity contribution in [2.45, 2.75) is 39.3 Å². The molecule has 0 heterocycles. The summed E-state index contributed by atoms with van der Waals surface area (Å²) in [4.78, 5) is 22.6. The first-order chi connectivity index (χ1) is 9.52. The van der Waals surface area contributed by atoms with Crippen LogP contribution in [0.1, 0.15) is 27.2 Å². The average Bonchev–Trinajstić information content (AvgIpc) is 2.41. The molecular weight excluding hydrogens is 298 g/mol. The smallest absolute Gasteiger partial charge is 0.324 e. The Labute approximate surface area is 129 Å². The highest BCUT2D eigenvalue weighted by Crippen LogP contribution is 2.10. The van der Waals surface area contributed by atoms with Gasteiger partial charge >= 0.3 is 11.9 Å². The largest absolute Gasteiger partial charge is 0.480 e. The molecule has 0 saturated carbocycles. The highest BCUT2D eigenvalue weighted by Gasteiger charge is 2.24. The topological polar surface area (TPSA) is 75.6 Å². The molecule has 0 aliphatic heterocycles. The average molecular weight is 323 g/mol. The standard InChI is InChI=1S/C13H25NO4S2/c1-4-6-19-7-8-20-9-11(13(17)18-5-2)14-10(3)12(15)16/h10-11,14H,4-9H2,1-3H3,(H,15,16)/t10-,11-/m0/s1. The summed E-state index contributed by atoms with van der Waals surface area (Å²) in [5.41, 5.74) is 0. The van der Waals surface area contributed by atoms with Crippen LogP contribution in [0.5, 0.6) is 0 Å². The minimum absolute atomic E-state index is 0.301. The van der Waals surface area contributed by atoms with E-state index in [1.54, 1.807) is 18.7 Å². The van der Waals surface area contributed by atoms with E-state index in [-0.39, 0.29) is 5.97 Å². The van der Waals surface area contributed by atoms with E-state index >= 15 is 0 Å². The Morgan fingerprint density at radius 1 is 1.20 bits per heavy atom. The molecule has 20 heavy (non-hydrogen) atoms. The molecule has 0 bridgehead atoms. The number of carbonyl (C=O) groups is 2. The Hall–Kier alpha value is -0.400. The molecule has 0 saturated heterocycles. The molecule has 5 nitrogen and oxygen atoms in total. The number of rotatable bonds is 12. The summed E-state index contributed by atoms with van der Waals surface area (Å²) in [5, 5.41) is 11.7. The molecule has 0 aliphatic carbocycles. The van der Waals surface area contributed by atoms with Crippen LogP contribution < -0.4 is 5.32 Å². The second-order valence-electron chi connectivity index (χ2n) is 4.22. The lowest BCUT2D eigenvalue weighted by Gasteiger charge is -2.19. The number of carboxylic acids is 1. The van der Waals surface area contributed by atoms with Gasteiger partial charge in [-0.2, -0.15) is 23.5 Å². The van der Waals surface area contributed by atoms with Crippen molar-refractivity contribution in [2.75, 3.05) is 29.6 Å². The van der Waals surface area contributed by atoms with Gasteiger partial charge in [0.05, 0.1) is 6.61 Å². The Bertz CT molecular complexity index is 290. The molecule has 0 radical (unpaired) electrons. The summed E-state index contributed by atoms with van der Waals surface area (Å²) < 4.78 is 4.97. The number of hydrogen-bond donors (Lipinski definition) is 2. The molecule has 0 aromatic carbocycles. The zero-order valence-corrected chi connectivity index (χ0v) is 14.0. The fraction of sp³-hybridized carbons (Fsp3) is 0.846. The Morgan fingerprint density at radius 2 is 1.85 bits per heavy atom. The number of carboxylic acid groups (broad SMARTS) is 1. The molecule has 2 atom stereocenters. The maximum absolute atomic E-state index is 11.8. The molecule has 2 N–H and O–H groups in total. The van der Waals surface area contributed by atoms with Crippen LogP contribution in [0.15, 0.2) is 0 Å². The molecule has 7 heteroatoms. The molecule has 0 aliphatic rings. The van der Waals surface area contributed by atoms with Crippen molar-refractivity contribution in [3.05, 3.63) is 0 Å². The van der Waals surface area contributed by atoms with Gasteiger partial charge in [-0.25, -0.2) is 0 Å². The van der Waals surface area contributed by atoms with Crippen molar-refractivity contribution < 1.29 is 19.4 Å². The van der Waals surface area contributed by atoms with Crippen molar-refractivity contribution in [3.8, 4) is 0 Å². The second kappa shape index (κ2) is 12.3. The highest BCUT2D eigenvalue weighted by atomic mass is 32.2. The molecular formula is C13H25NO4S2. The van der Waals surface area contributed by atoms with E-state index in [9.17, 15) is 9.59 Å². The maximum atomic E-state index is 11.8. The summed E-state index contributed by atoms with van der Waals surface area (Å²) in [6.07, 6.45) is 1.17. The number of esters is 1. The monoisotopic (exact) mass is 323 g/mol. The number of carbonyl (C=O) groups excluding carboxylic acids is 1. The Balaban J connectivity index is 4.11. The van der Waals surface area contributed by atoms with Crippen molar-refractivity contribution in [1.82, 2.24) is 5.32 Å². The van der Waals surface area contributed by atoms with Crippen LogP contribution in [-0.4, -0.2) is 58.7 Å². The van der Waals surface area contributed by atoms with Gasteiger partial charge in [-0.15, -0.1) is 0 Å². The van der Waals surface area contributed by atoms with Gasteiger partial charge in [0.15, 0.2) is 0 Å². The molecule has 0 unspecified atom stereocenters. The fourth-order valence-electron chi connectivity index (χ4n) is 1.37. The van der Waals surface area contributed by atoms with E-state index in [1.165, 1.54) is 13.3 Å². The van der Waals surface area contributed by atoms with Gasteiger partial charge in [0, 0.05) is 17.3 Å². The van der Waals surface area contributed by atoms with E-state index in [1.807, 2.05) is 11.8 Å². The lowest BCUT2D eigenvalue weighted by Crippen LogP contribution is -2.47. The van der Waals surface area contributed by atoms with Gasteiger partial charge in [-0.1, -0.05) is 6.92 Å². The molecule has 118 valence electrons. The summed E-state index contributed by atoms with van der Waals surface area (Å²) >= 11 is 3.53. The number of ether oxygens (including phenoxy) is 1. The quantitative estimate of drug-likeness (QED) is 0.419. The minimum atomic E-state index is -0.970. The first kappa shape index (κ1) is 19.6. The summed E-state index contributed by atoms with van der Waals surface area (Å²) in [5.74, 6) is 2.32. The van der Waals surface area contributed by atoms with Crippen LogP contribution in [0.4, 0.5) is 0 Å². The van der Waals surface area contributed by atoms with E-state index in [4.69, 9.17) is 9.84 Å². The van der Waals surface area contributed by atoms with E-state index in [2.05, 4.69) is 12.2 Å². The predicted molar refractivity (Wildman–Crippen MR) is 85.6 cm³/mol. The normalized spacial score (nSPS) is 13.8. The van der Waals surface area contributed by atoms with Crippen molar-refractivity contribution in [3.63, 3.8) is 0 Å². The van der Waals surface area contributed by atoms with Crippen molar-refractivity contribution in [1.29, 1.82) is 0 Å². The SMILES string of the molecule is CCCSCCSC[C@H](N[C@@H](C)C(=O)O)C(=O)OCC. The fourth-order valence-corrected chi connectivity index (χ4v) is 3.44. The molecule has 0 aromatic rings. The third kappa shape index (κ3) is 9.50. The number of aliphatic carboxylic acids is 1. The third-order valence-corrected chi connectivity index (χ3v) is 4.91. The summed E-state index contributed by atoms with van der Waals surface area (Å²) in [7, 11) is 0. The van der Waals surface area contributed by atoms with E-state index in [0.717, 1.165) is 17.3 Å².